The van der Waals surface area contributed by atoms with Crippen molar-refractivity contribution in [3.05, 3.63) is 41.0 Å². The zero-order chi connectivity index (χ0) is 22.6. The second kappa shape index (κ2) is 13.5. The van der Waals surface area contributed by atoms with E-state index < -0.39 is 8.07 Å². The molecule has 0 aliphatic heterocycles. The Morgan fingerprint density at radius 3 is 2.30 bits per heavy atom. The molecule has 170 valence electrons. The van der Waals surface area contributed by atoms with Crippen molar-refractivity contribution >= 4 is 8.07 Å². The summed E-state index contributed by atoms with van der Waals surface area (Å²) in [4.78, 5) is 0. The van der Waals surface area contributed by atoms with E-state index in [-0.39, 0.29) is 19.3 Å². The fourth-order valence-electron chi connectivity index (χ4n) is 2.68. The predicted molar refractivity (Wildman–Crippen MR) is 126 cm³/mol. The Morgan fingerprint density at radius 1 is 1.00 bits per heavy atom. The van der Waals surface area contributed by atoms with E-state index in [1.165, 1.54) is 11.1 Å². The highest BCUT2D eigenvalue weighted by atomic mass is 28.3. The van der Waals surface area contributed by atoms with Gasteiger partial charge in [-0.2, -0.15) is 0 Å². The van der Waals surface area contributed by atoms with E-state index >= 15 is 0 Å². The Hall–Kier alpha value is -1.76. The molecule has 6 heteroatoms. The second-order valence-corrected chi connectivity index (χ2v) is 14.6. The van der Waals surface area contributed by atoms with E-state index in [2.05, 4.69) is 52.6 Å². The van der Waals surface area contributed by atoms with Crippen molar-refractivity contribution in [2.24, 2.45) is 0 Å². The van der Waals surface area contributed by atoms with Crippen LogP contribution in [0.25, 0.3) is 0 Å². The molecule has 1 N–H and O–H groups in total. The fourth-order valence-corrected chi connectivity index (χ4v) is 3.43. The van der Waals surface area contributed by atoms with Gasteiger partial charge in [0.05, 0.1) is 0 Å². The minimum atomic E-state index is -1.13. The summed E-state index contributed by atoms with van der Waals surface area (Å²) in [5, 5.41) is 10.8. The van der Waals surface area contributed by atoms with Gasteiger partial charge in [0.15, 0.2) is 25.1 Å². The Balaban J connectivity index is 2.82. The number of rotatable bonds is 14. The van der Waals surface area contributed by atoms with Crippen molar-refractivity contribution in [3.63, 3.8) is 0 Å². The van der Waals surface area contributed by atoms with Crippen LogP contribution in [-0.2, 0) is 15.9 Å². The quantitative estimate of drug-likeness (QED) is 0.160. The minimum Gasteiger partial charge on any atom is -0.504 e. The molecule has 0 saturated heterocycles. The van der Waals surface area contributed by atoms with Gasteiger partial charge >= 0.3 is 0 Å². The molecular formula is C24H40O5Si. The molecule has 0 aliphatic rings. The van der Waals surface area contributed by atoms with Gasteiger partial charge in [-0.15, -0.1) is 0 Å². The Bertz CT molecular complexity index is 700. The van der Waals surface area contributed by atoms with Gasteiger partial charge in [-0.1, -0.05) is 42.9 Å². The maximum Gasteiger partial charge on any atom is 0.189 e. The van der Waals surface area contributed by atoms with Crippen LogP contribution in [0.4, 0.5) is 0 Å². The number of hydrogen-bond acceptors (Lipinski definition) is 5. The van der Waals surface area contributed by atoms with Crippen LogP contribution in [0.1, 0.15) is 39.2 Å². The first-order valence-corrected chi connectivity index (χ1v) is 14.3. The number of phenols is 1. The van der Waals surface area contributed by atoms with Crippen LogP contribution in [-0.4, -0.2) is 40.5 Å². The third kappa shape index (κ3) is 10.9. The van der Waals surface area contributed by atoms with Gasteiger partial charge in [0.1, 0.15) is 5.75 Å². The van der Waals surface area contributed by atoms with Gasteiger partial charge < -0.3 is 24.1 Å². The minimum absolute atomic E-state index is 0.0887. The first kappa shape index (κ1) is 26.3. The Morgan fingerprint density at radius 2 is 1.67 bits per heavy atom. The zero-order valence-corrected chi connectivity index (χ0v) is 20.8. The molecule has 0 spiro atoms. The second-order valence-electron chi connectivity index (χ2n) is 9.00. The van der Waals surface area contributed by atoms with E-state index in [0.717, 1.165) is 18.9 Å². The van der Waals surface area contributed by atoms with Crippen molar-refractivity contribution in [1.29, 1.82) is 0 Å². The largest absolute Gasteiger partial charge is 0.504 e. The standard InChI is InChI=1S/C24H40O5Si/c1-19(2)9-8-10-20(3)11-12-21-22(28-17-26-4)13-14-23(24(21)25)29-18-27-15-16-30(5,6)7/h9,11,13-14,25H,8,10,12,15-18H2,1-7H3/b20-11+. The molecule has 0 atom stereocenters. The summed E-state index contributed by atoms with van der Waals surface area (Å²) in [5.41, 5.74) is 3.28. The molecule has 0 aromatic heterocycles. The van der Waals surface area contributed by atoms with Crippen LogP contribution >= 0.6 is 0 Å². The fraction of sp³-hybridized carbons (Fsp3) is 0.583. The van der Waals surface area contributed by atoms with Crippen LogP contribution < -0.4 is 9.47 Å². The lowest BCUT2D eigenvalue weighted by Crippen LogP contribution is -2.22. The SMILES string of the molecule is COCOc1ccc(OCOCC[Si](C)(C)C)c(O)c1C/C=C(\C)CCC=C(C)C. The van der Waals surface area contributed by atoms with Gasteiger partial charge in [0.2, 0.25) is 0 Å². The highest BCUT2D eigenvalue weighted by Crippen LogP contribution is 2.37. The third-order valence-corrected chi connectivity index (χ3v) is 6.28. The van der Waals surface area contributed by atoms with Crippen LogP contribution in [0.15, 0.2) is 35.4 Å². The van der Waals surface area contributed by atoms with Gasteiger partial charge in [0.25, 0.3) is 0 Å². The molecule has 0 bridgehead atoms. The molecule has 1 aromatic rings. The zero-order valence-electron chi connectivity index (χ0n) is 19.8. The maximum atomic E-state index is 10.8. The van der Waals surface area contributed by atoms with Crippen molar-refractivity contribution < 1.29 is 24.1 Å². The molecule has 0 unspecified atom stereocenters. The van der Waals surface area contributed by atoms with Crippen LogP contribution in [0.5, 0.6) is 17.2 Å². The lowest BCUT2D eigenvalue weighted by molar-refractivity contribution is 0.0202. The van der Waals surface area contributed by atoms with Gasteiger partial charge in [0, 0.05) is 27.4 Å². The van der Waals surface area contributed by atoms with Gasteiger partial charge in [-0.3, -0.25) is 0 Å². The van der Waals surface area contributed by atoms with E-state index in [1.807, 2.05) is 0 Å². The normalized spacial score (nSPS) is 12.0. The molecule has 0 aliphatic carbocycles. The predicted octanol–water partition coefficient (Wildman–Crippen LogP) is 6.30. The number of hydrogen-bond donors (Lipinski definition) is 1. The van der Waals surface area contributed by atoms with E-state index in [4.69, 9.17) is 18.9 Å². The Kier molecular flexibility index (Phi) is 11.8. The molecule has 1 aromatic carbocycles. The summed E-state index contributed by atoms with van der Waals surface area (Å²) in [7, 11) is 0.439. The molecule has 0 saturated carbocycles. The summed E-state index contributed by atoms with van der Waals surface area (Å²) in [6, 6.07) is 4.59. The molecule has 0 fully saturated rings. The number of aromatic hydroxyl groups is 1. The van der Waals surface area contributed by atoms with Crippen molar-refractivity contribution in [2.45, 2.75) is 65.7 Å². The third-order valence-electron chi connectivity index (χ3n) is 4.58. The smallest absolute Gasteiger partial charge is 0.189 e. The summed E-state index contributed by atoms with van der Waals surface area (Å²) >= 11 is 0. The lowest BCUT2D eigenvalue weighted by Gasteiger charge is -2.17. The number of allylic oxidation sites excluding steroid dienone is 4. The number of methoxy groups -OCH3 is 1. The summed E-state index contributed by atoms with van der Waals surface area (Å²) in [6.45, 7) is 14.2. The first-order chi connectivity index (χ1) is 14.1. The first-order valence-electron chi connectivity index (χ1n) is 10.6. The maximum absolute atomic E-state index is 10.8. The monoisotopic (exact) mass is 436 g/mol. The average Bonchev–Trinajstić information content (AvgIpc) is 2.65. The van der Waals surface area contributed by atoms with Crippen molar-refractivity contribution in [3.8, 4) is 17.2 Å². The van der Waals surface area contributed by atoms with Crippen LogP contribution in [0, 0.1) is 0 Å². The van der Waals surface area contributed by atoms with E-state index in [0.29, 0.717) is 30.1 Å². The van der Waals surface area contributed by atoms with Crippen LogP contribution in [0.3, 0.4) is 0 Å². The average molecular weight is 437 g/mol. The van der Waals surface area contributed by atoms with Gasteiger partial charge in [-0.05, 0) is 58.2 Å². The highest BCUT2D eigenvalue weighted by molar-refractivity contribution is 6.76. The van der Waals surface area contributed by atoms with Crippen LogP contribution in [0.2, 0.25) is 25.7 Å². The molecule has 5 nitrogen and oxygen atoms in total. The molecular weight excluding hydrogens is 396 g/mol. The molecule has 1 rings (SSSR count). The van der Waals surface area contributed by atoms with Crippen molar-refractivity contribution in [1.82, 2.24) is 0 Å². The molecule has 30 heavy (non-hydrogen) atoms. The van der Waals surface area contributed by atoms with Gasteiger partial charge in [-0.25, -0.2) is 0 Å². The molecule has 0 amide bonds. The summed E-state index contributed by atoms with van der Waals surface area (Å²) in [5.74, 6) is 1.08. The highest BCUT2D eigenvalue weighted by Gasteiger charge is 2.15. The van der Waals surface area contributed by atoms with Crippen molar-refractivity contribution in [2.75, 3.05) is 27.3 Å². The Labute approximate surface area is 183 Å². The van der Waals surface area contributed by atoms with E-state index in [1.54, 1.807) is 19.2 Å². The van der Waals surface area contributed by atoms with E-state index in [9.17, 15) is 5.11 Å². The summed E-state index contributed by atoms with van der Waals surface area (Å²) < 4.78 is 21.9. The number of benzene rings is 1. The number of ether oxygens (including phenoxy) is 4. The molecule has 0 heterocycles. The molecule has 0 radical (unpaired) electrons. The topological polar surface area (TPSA) is 57.2 Å². The summed E-state index contributed by atoms with van der Waals surface area (Å²) in [6.07, 6.45) is 6.92. The lowest BCUT2D eigenvalue weighted by atomic mass is 10.0. The number of phenolic OH excluding ortho intramolecular Hbond substituents is 1.